The van der Waals surface area contributed by atoms with Gasteiger partial charge in [0.05, 0.1) is 15.6 Å². The maximum atomic E-state index is 13.0. The first-order valence-electron chi connectivity index (χ1n) is 9.45. The summed E-state index contributed by atoms with van der Waals surface area (Å²) in [6, 6.07) is 10.8. The van der Waals surface area contributed by atoms with Gasteiger partial charge in [-0.05, 0) is 50.6 Å². The fourth-order valence-electron chi connectivity index (χ4n) is 3.18. The van der Waals surface area contributed by atoms with Gasteiger partial charge >= 0.3 is 0 Å². The van der Waals surface area contributed by atoms with Crippen molar-refractivity contribution in [2.75, 3.05) is 4.72 Å². The lowest BCUT2D eigenvalue weighted by Gasteiger charge is -2.12. The molecule has 0 fully saturated rings. The summed E-state index contributed by atoms with van der Waals surface area (Å²) in [5.74, 6) is 0.588. The highest BCUT2D eigenvalue weighted by molar-refractivity contribution is 7.92. The van der Waals surface area contributed by atoms with Crippen molar-refractivity contribution in [1.82, 2.24) is 19.9 Å². The van der Waals surface area contributed by atoms with Gasteiger partial charge in [-0.3, -0.25) is 9.52 Å². The Morgan fingerprint density at radius 1 is 1.06 bits per heavy atom. The van der Waals surface area contributed by atoms with Gasteiger partial charge in [0.1, 0.15) is 17.2 Å². The lowest BCUT2D eigenvalue weighted by Crippen LogP contribution is -2.21. The summed E-state index contributed by atoms with van der Waals surface area (Å²) in [5.41, 5.74) is 2.06. The molecule has 1 N–H and O–H groups in total. The molecule has 0 bridgehead atoms. The molecule has 9 nitrogen and oxygen atoms in total. The van der Waals surface area contributed by atoms with Crippen LogP contribution in [0.4, 0.5) is 5.82 Å². The highest BCUT2D eigenvalue weighted by Gasteiger charge is 2.20. The second-order valence-corrected chi connectivity index (χ2v) is 9.18. The molecule has 3 aromatic heterocycles. The van der Waals surface area contributed by atoms with E-state index in [1.54, 1.807) is 32.9 Å². The minimum atomic E-state index is -3.94. The van der Waals surface area contributed by atoms with Gasteiger partial charge in [-0.25, -0.2) is 13.4 Å². The van der Waals surface area contributed by atoms with E-state index in [2.05, 4.69) is 20.0 Å². The molecule has 164 valence electrons. The topological polar surface area (TPSA) is 120 Å². The van der Waals surface area contributed by atoms with Gasteiger partial charge in [0.2, 0.25) is 0 Å². The monoisotopic (exact) mass is 471 g/mol. The standard InChI is InChI=1S/C21H18ClN5O4S/c1-12-4-5-15(10-18(12)32(29,30)26-19-8-6-16(22)11-23-19)17-7-9-20(28)27(24-17)21-13(2)25-31-14(21)3/h4-11H,1-3H3,(H,23,26). The number of hydrogen-bond donors (Lipinski definition) is 1. The second kappa shape index (κ2) is 8.21. The molecular weight excluding hydrogens is 454 g/mol. The van der Waals surface area contributed by atoms with Crippen molar-refractivity contribution in [2.45, 2.75) is 25.7 Å². The number of benzene rings is 1. The van der Waals surface area contributed by atoms with Gasteiger partial charge in [-0.2, -0.15) is 9.78 Å². The van der Waals surface area contributed by atoms with Crippen LogP contribution in [0, 0.1) is 20.8 Å². The zero-order valence-electron chi connectivity index (χ0n) is 17.3. The molecular formula is C21H18ClN5O4S. The van der Waals surface area contributed by atoms with Crippen LogP contribution in [0.5, 0.6) is 0 Å². The van der Waals surface area contributed by atoms with Gasteiger partial charge in [0, 0.05) is 17.8 Å². The number of anilines is 1. The Bertz CT molecular complexity index is 1460. The number of hydrogen-bond acceptors (Lipinski definition) is 7. The third-order valence-electron chi connectivity index (χ3n) is 4.75. The van der Waals surface area contributed by atoms with Crippen molar-refractivity contribution >= 4 is 27.4 Å². The fourth-order valence-corrected chi connectivity index (χ4v) is 4.58. The lowest BCUT2D eigenvalue weighted by atomic mass is 10.1. The molecule has 0 saturated heterocycles. The molecule has 1 aromatic carbocycles. The summed E-state index contributed by atoms with van der Waals surface area (Å²) in [5, 5.41) is 8.67. The maximum absolute atomic E-state index is 13.0. The quantitative estimate of drug-likeness (QED) is 0.471. The van der Waals surface area contributed by atoms with Crippen molar-refractivity contribution in [1.29, 1.82) is 0 Å². The zero-order chi connectivity index (χ0) is 23.0. The first-order chi connectivity index (χ1) is 15.2. The maximum Gasteiger partial charge on any atom is 0.271 e. The highest BCUT2D eigenvalue weighted by Crippen LogP contribution is 2.26. The lowest BCUT2D eigenvalue weighted by molar-refractivity contribution is 0.392. The Morgan fingerprint density at radius 2 is 1.84 bits per heavy atom. The Hall–Kier alpha value is -3.50. The average molecular weight is 472 g/mol. The van der Waals surface area contributed by atoms with Crippen LogP contribution in [0.3, 0.4) is 0 Å². The van der Waals surface area contributed by atoms with Crippen molar-refractivity contribution in [2.24, 2.45) is 0 Å². The van der Waals surface area contributed by atoms with E-state index in [0.29, 0.717) is 39.0 Å². The summed E-state index contributed by atoms with van der Waals surface area (Å²) in [6.07, 6.45) is 1.35. The minimum Gasteiger partial charge on any atom is -0.359 e. The predicted octanol–water partition coefficient (Wildman–Crippen LogP) is 3.66. The molecule has 32 heavy (non-hydrogen) atoms. The van der Waals surface area contributed by atoms with Crippen molar-refractivity contribution in [3.05, 3.63) is 81.1 Å². The van der Waals surface area contributed by atoms with Gasteiger partial charge in [-0.1, -0.05) is 28.9 Å². The largest absolute Gasteiger partial charge is 0.359 e. The van der Waals surface area contributed by atoms with Crippen LogP contribution < -0.4 is 10.3 Å². The second-order valence-electron chi connectivity index (χ2n) is 7.09. The summed E-state index contributed by atoms with van der Waals surface area (Å²) >= 11 is 5.81. The Morgan fingerprint density at radius 3 is 2.50 bits per heavy atom. The SMILES string of the molecule is Cc1ccc(-c2ccc(=O)n(-c3c(C)noc3C)n2)cc1S(=O)(=O)Nc1ccc(Cl)cn1. The van der Waals surface area contributed by atoms with Gasteiger partial charge < -0.3 is 4.52 Å². The molecule has 0 aliphatic carbocycles. The van der Waals surface area contributed by atoms with E-state index < -0.39 is 10.0 Å². The van der Waals surface area contributed by atoms with Gasteiger partial charge in [0.25, 0.3) is 15.6 Å². The van der Waals surface area contributed by atoms with Crippen LogP contribution in [-0.2, 0) is 10.0 Å². The summed E-state index contributed by atoms with van der Waals surface area (Å²) < 4.78 is 34.8. The summed E-state index contributed by atoms with van der Waals surface area (Å²) in [7, 11) is -3.94. The molecule has 0 saturated carbocycles. The normalized spacial score (nSPS) is 11.5. The molecule has 0 aliphatic rings. The summed E-state index contributed by atoms with van der Waals surface area (Å²) in [6.45, 7) is 5.08. The number of aromatic nitrogens is 4. The third kappa shape index (κ3) is 4.14. The average Bonchev–Trinajstić information content (AvgIpc) is 3.08. The van der Waals surface area contributed by atoms with Crippen LogP contribution in [0.25, 0.3) is 16.9 Å². The number of rotatable bonds is 5. The molecule has 4 aromatic rings. The Labute approximate surface area is 188 Å². The van der Waals surface area contributed by atoms with E-state index in [4.69, 9.17) is 16.1 Å². The minimum absolute atomic E-state index is 0.0589. The smallest absolute Gasteiger partial charge is 0.271 e. The van der Waals surface area contributed by atoms with Gasteiger partial charge in [0.15, 0.2) is 5.76 Å². The molecule has 3 heterocycles. The predicted molar refractivity (Wildman–Crippen MR) is 120 cm³/mol. The van der Waals surface area contributed by atoms with Crippen LogP contribution in [-0.4, -0.2) is 28.3 Å². The first kappa shape index (κ1) is 21.7. The number of nitrogens with zero attached hydrogens (tertiary/aromatic N) is 4. The molecule has 0 spiro atoms. The molecule has 11 heteroatoms. The van der Waals surface area contributed by atoms with Crippen molar-refractivity contribution in [3.8, 4) is 16.9 Å². The van der Waals surface area contributed by atoms with Crippen LogP contribution >= 0.6 is 11.6 Å². The van der Waals surface area contributed by atoms with Crippen LogP contribution in [0.15, 0.2) is 62.9 Å². The fraction of sp³-hybridized carbons (Fsp3) is 0.143. The van der Waals surface area contributed by atoms with Crippen LogP contribution in [0.2, 0.25) is 5.02 Å². The van der Waals surface area contributed by atoms with Gasteiger partial charge in [-0.15, -0.1) is 0 Å². The van der Waals surface area contributed by atoms with Crippen molar-refractivity contribution in [3.63, 3.8) is 0 Å². The van der Waals surface area contributed by atoms with Crippen molar-refractivity contribution < 1.29 is 12.9 Å². The molecule has 0 aliphatic heterocycles. The molecule has 0 atom stereocenters. The molecule has 0 amide bonds. The van der Waals surface area contributed by atoms with E-state index in [1.807, 2.05) is 0 Å². The first-order valence-corrected chi connectivity index (χ1v) is 11.3. The van der Waals surface area contributed by atoms with E-state index >= 15 is 0 Å². The number of nitrogens with one attached hydrogen (secondary N) is 1. The number of sulfonamides is 1. The molecule has 0 radical (unpaired) electrons. The van der Waals surface area contributed by atoms with Crippen LogP contribution in [0.1, 0.15) is 17.0 Å². The summed E-state index contributed by atoms with van der Waals surface area (Å²) in [4.78, 5) is 16.5. The van der Waals surface area contributed by atoms with E-state index in [9.17, 15) is 13.2 Å². The molecule has 4 rings (SSSR count). The number of halogens is 1. The van der Waals surface area contributed by atoms with E-state index in [0.717, 1.165) is 0 Å². The number of aryl methyl sites for hydroxylation is 3. The van der Waals surface area contributed by atoms with E-state index in [-0.39, 0.29) is 16.3 Å². The third-order valence-corrected chi connectivity index (χ3v) is 6.47. The molecule has 0 unspecified atom stereocenters. The highest BCUT2D eigenvalue weighted by atomic mass is 35.5. The zero-order valence-corrected chi connectivity index (χ0v) is 18.9. The van der Waals surface area contributed by atoms with E-state index in [1.165, 1.54) is 41.2 Å². The Balaban J connectivity index is 1.77. The number of pyridine rings is 1. The Kier molecular flexibility index (Phi) is 5.57.